The molecule has 1 aromatic carbocycles. The van der Waals surface area contributed by atoms with Crippen molar-refractivity contribution in [3.05, 3.63) is 52.5 Å². The molecule has 1 aromatic heterocycles. The van der Waals surface area contributed by atoms with Gasteiger partial charge in [0.15, 0.2) is 0 Å². The number of hydrazine groups is 1. The van der Waals surface area contributed by atoms with Crippen LogP contribution in [0.4, 0.5) is 4.39 Å². The van der Waals surface area contributed by atoms with Gasteiger partial charge < -0.3 is 0 Å². The standard InChI is InChI=1S/C16H17FN2O2S2/c17-13-7-1-2-8-14(13)23-11-16(21)19-18-15(20)9-3-5-12-6-4-10-22-12/h1-2,4,6-8,10H,3,5,9,11H2,(H,18,20)(H,19,21). The zero-order chi connectivity index (χ0) is 16.5. The summed E-state index contributed by atoms with van der Waals surface area (Å²) >= 11 is 2.75. The predicted octanol–water partition coefficient (Wildman–Crippen LogP) is 3.15. The fraction of sp³-hybridized carbons (Fsp3) is 0.250. The van der Waals surface area contributed by atoms with Crippen molar-refractivity contribution >= 4 is 34.9 Å². The highest BCUT2D eigenvalue weighted by molar-refractivity contribution is 8.00. The summed E-state index contributed by atoms with van der Waals surface area (Å²) in [7, 11) is 0. The van der Waals surface area contributed by atoms with Gasteiger partial charge in [-0.3, -0.25) is 20.4 Å². The van der Waals surface area contributed by atoms with Gasteiger partial charge in [0.2, 0.25) is 11.8 Å². The maximum atomic E-state index is 13.4. The second-order valence-electron chi connectivity index (χ2n) is 4.75. The molecule has 2 rings (SSSR count). The molecule has 0 saturated carbocycles. The van der Waals surface area contributed by atoms with Gasteiger partial charge in [-0.2, -0.15) is 0 Å². The van der Waals surface area contributed by atoms with E-state index in [9.17, 15) is 14.0 Å². The van der Waals surface area contributed by atoms with Crippen molar-refractivity contribution in [3.63, 3.8) is 0 Å². The van der Waals surface area contributed by atoms with Crippen LogP contribution in [0, 0.1) is 5.82 Å². The van der Waals surface area contributed by atoms with Gasteiger partial charge in [-0.15, -0.1) is 23.1 Å². The Morgan fingerprint density at radius 1 is 1.09 bits per heavy atom. The lowest BCUT2D eigenvalue weighted by atomic mass is 10.2. The average molecular weight is 352 g/mol. The first-order valence-electron chi connectivity index (χ1n) is 7.12. The highest BCUT2D eigenvalue weighted by Gasteiger charge is 2.08. The third kappa shape index (κ3) is 6.42. The summed E-state index contributed by atoms with van der Waals surface area (Å²) in [5, 5.41) is 2.00. The summed E-state index contributed by atoms with van der Waals surface area (Å²) < 4.78 is 13.4. The second kappa shape index (κ2) is 9.32. The third-order valence-corrected chi connectivity index (χ3v) is 4.93. The molecule has 0 bridgehead atoms. The van der Waals surface area contributed by atoms with Crippen LogP contribution >= 0.6 is 23.1 Å². The number of amides is 2. The van der Waals surface area contributed by atoms with Gasteiger partial charge in [-0.05, 0) is 36.4 Å². The van der Waals surface area contributed by atoms with Gasteiger partial charge in [-0.1, -0.05) is 18.2 Å². The number of carbonyl (C=O) groups excluding carboxylic acids is 2. The van der Waals surface area contributed by atoms with E-state index in [2.05, 4.69) is 10.9 Å². The smallest absolute Gasteiger partial charge is 0.248 e. The van der Waals surface area contributed by atoms with Gasteiger partial charge >= 0.3 is 0 Å². The van der Waals surface area contributed by atoms with Crippen molar-refractivity contribution in [2.75, 3.05) is 5.75 Å². The molecule has 0 unspecified atom stereocenters. The topological polar surface area (TPSA) is 58.2 Å². The Balaban J connectivity index is 1.60. The summed E-state index contributed by atoms with van der Waals surface area (Å²) in [5.74, 6) is -0.922. The first-order chi connectivity index (χ1) is 11.1. The SMILES string of the molecule is O=C(CCCc1cccs1)NNC(=O)CSc1ccccc1F. The van der Waals surface area contributed by atoms with Crippen LogP contribution in [0.2, 0.25) is 0 Å². The monoisotopic (exact) mass is 352 g/mol. The van der Waals surface area contributed by atoms with Crippen LogP contribution in [0.5, 0.6) is 0 Å². The lowest BCUT2D eigenvalue weighted by Crippen LogP contribution is -2.42. The van der Waals surface area contributed by atoms with E-state index in [0.29, 0.717) is 11.3 Å². The van der Waals surface area contributed by atoms with E-state index in [-0.39, 0.29) is 23.4 Å². The Bertz CT molecular complexity index is 647. The molecular formula is C16H17FN2O2S2. The molecule has 0 atom stereocenters. The number of aryl methyl sites for hydroxylation is 1. The molecule has 2 N–H and O–H groups in total. The van der Waals surface area contributed by atoms with Crippen LogP contribution in [-0.4, -0.2) is 17.6 Å². The van der Waals surface area contributed by atoms with Crippen molar-refractivity contribution < 1.29 is 14.0 Å². The predicted molar refractivity (Wildman–Crippen MR) is 90.7 cm³/mol. The number of thioether (sulfide) groups is 1. The number of carbonyl (C=O) groups is 2. The van der Waals surface area contributed by atoms with E-state index < -0.39 is 0 Å². The van der Waals surface area contributed by atoms with E-state index in [1.807, 2.05) is 17.5 Å². The lowest BCUT2D eigenvalue weighted by molar-refractivity contribution is -0.127. The van der Waals surface area contributed by atoms with Gasteiger partial charge in [0.25, 0.3) is 0 Å². The summed E-state index contributed by atoms with van der Waals surface area (Å²) in [4.78, 5) is 24.9. The quantitative estimate of drug-likeness (QED) is 0.594. The molecule has 2 aromatic rings. The molecule has 0 fully saturated rings. The lowest BCUT2D eigenvalue weighted by Gasteiger charge is -2.07. The number of hydrogen-bond donors (Lipinski definition) is 2. The average Bonchev–Trinajstić information content (AvgIpc) is 3.05. The van der Waals surface area contributed by atoms with Crippen molar-refractivity contribution in [2.45, 2.75) is 24.2 Å². The van der Waals surface area contributed by atoms with E-state index in [4.69, 9.17) is 0 Å². The minimum absolute atomic E-state index is 0.0381. The van der Waals surface area contributed by atoms with Crippen LogP contribution in [-0.2, 0) is 16.0 Å². The summed E-state index contributed by atoms with van der Waals surface area (Å²) in [6.45, 7) is 0. The van der Waals surface area contributed by atoms with Crippen LogP contribution in [0.25, 0.3) is 0 Å². The van der Waals surface area contributed by atoms with Crippen LogP contribution in [0.15, 0.2) is 46.7 Å². The third-order valence-electron chi connectivity index (χ3n) is 2.94. The number of benzene rings is 1. The first-order valence-corrected chi connectivity index (χ1v) is 8.99. The number of nitrogens with one attached hydrogen (secondary N) is 2. The van der Waals surface area contributed by atoms with Gasteiger partial charge in [0.1, 0.15) is 5.82 Å². The molecule has 7 heteroatoms. The van der Waals surface area contributed by atoms with E-state index in [1.54, 1.807) is 29.5 Å². The first kappa shape index (κ1) is 17.5. The molecule has 0 spiro atoms. The fourth-order valence-electron chi connectivity index (χ4n) is 1.82. The molecule has 0 aliphatic rings. The Morgan fingerprint density at radius 2 is 1.87 bits per heavy atom. The molecule has 122 valence electrons. The van der Waals surface area contributed by atoms with Crippen molar-refractivity contribution in [3.8, 4) is 0 Å². The zero-order valence-electron chi connectivity index (χ0n) is 12.4. The summed E-state index contributed by atoms with van der Waals surface area (Å²) in [6, 6.07) is 10.3. The summed E-state index contributed by atoms with van der Waals surface area (Å²) in [6.07, 6.45) is 1.92. The molecule has 0 saturated heterocycles. The van der Waals surface area contributed by atoms with E-state index >= 15 is 0 Å². The van der Waals surface area contributed by atoms with Crippen LogP contribution in [0.3, 0.4) is 0 Å². The van der Waals surface area contributed by atoms with E-state index in [1.165, 1.54) is 10.9 Å². The molecular weight excluding hydrogens is 335 g/mol. The number of halogens is 1. The highest BCUT2D eigenvalue weighted by atomic mass is 32.2. The Hall–Kier alpha value is -1.86. The van der Waals surface area contributed by atoms with Crippen LogP contribution < -0.4 is 10.9 Å². The second-order valence-corrected chi connectivity index (χ2v) is 6.80. The zero-order valence-corrected chi connectivity index (χ0v) is 14.0. The fourth-order valence-corrected chi connectivity index (χ4v) is 3.31. The van der Waals surface area contributed by atoms with Gasteiger partial charge in [0.05, 0.1) is 5.75 Å². The molecule has 0 radical (unpaired) electrons. The molecule has 2 amide bonds. The normalized spacial score (nSPS) is 10.3. The molecule has 0 aliphatic heterocycles. The van der Waals surface area contributed by atoms with Gasteiger partial charge in [0, 0.05) is 16.2 Å². The summed E-state index contributed by atoms with van der Waals surface area (Å²) in [5.41, 5.74) is 4.71. The highest BCUT2D eigenvalue weighted by Crippen LogP contribution is 2.20. The minimum atomic E-state index is -0.371. The van der Waals surface area contributed by atoms with Crippen molar-refractivity contribution in [2.24, 2.45) is 0 Å². The minimum Gasteiger partial charge on any atom is -0.273 e. The molecule has 4 nitrogen and oxygen atoms in total. The van der Waals surface area contributed by atoms with Crippen molar-refractivity contribution in [1.82, 2.24) is 10.9 Å². The van der Waals surface area contributed by atoms with Gasteiger partial charge in [-0.25, -0.2) is 4.39 Å². The Labute approximate surface area is 142 Å². The number of rotatable bonds is 7. The van der Waals surface area contributed by atoms with Crippen molar-refractivity contribution in [1.29, 1.82) is 0 Å². The molecule has 23 heavy (non-hydrogen) atoms. The maximum Gasteiger partial charge on any atom is 0.248 e. The van der Waals surface area contributed by atoms with Crippen LogP contribution in [0.1, 0.15) is 17.7 Å². The molecule has 1 heterocycles. The number of hydrogen-bond acceptors (Lipinski definition) is 4. The Morgan fingerprint density at radius 3 is 2.61 bits per heavy atom. The molecule has 0 aliphatic carbocycles. The Kier molecular flexibility index (Phi) is 7.09. The largest absolute Gasteiger partial charge is 0.273 e. The maximum absolute atomic E-state index is 13.4. The number of thiophene rings is 1. The van der Waals surface area contributed by atoms with E-state index in [0.717, 1.165) is 24.6 Å².